The van der Waals surface area contributed by atoms with E-state index in [9.17, 15) is 10.1 Å². The first-order valence-electron chi connectivity index (χ1n) is 4.23. The lowest BCUT2D eigenvalue weighted by Crippen LogP contribution is -2.54. The maximum atomic E-state index is 10.5. The number of hydrogen-bond acceptors (Lipinski definition) is 4. The molecule has 1 aromatic carbocycles. The van der Waals surface area contributed by atoms with Crippen LogP contribution in [0.5, 0.6) is 0 Å². The van der Waals surface area contributed by atoms with Crippen molar-refractivity contribution in [1.82, 2.24) is 0 Å². The summed E-state index contributed by atoms with van der Waals surface area (Å²) in [5.41, 5.74) is 6.24. The molecule has 74 valence electrons. The number of hydrogen-bond donors (Lipinski definition) is 1. The Morgan fingerprint density at radius 1 is 1.50 bits per heavy atom. The first-order valence-corrected chi connectivity index (χ1v) is 4.23. The highest BCUT2D eigenvalue weighted by Gasteiger charge is 2.36. The molecule has 0 radical (unpaired) electrons. The molecule has 2 rings (SSSR count). The summed E-state index contributed by atoms with van der Waals surface area (Å²) in [4.78, 5) is 10.1. The van der Waals surface area contributed by atoms with E-state index in [0.29, 0.717) is 13.2 Å². The molecule has 0 saturated carbocycles. The van der Waals surface area contributed by atoms with E-state index in [1.165, 1.54) is 12.1 Å². The lowest BCUT2D eigenvalue weighted by Gasteiger charge is -2.37. The Labute approximate surface area is 80.6 Å². The Bertz CT molecular complexity index is 374. The molecule has 2 N–H and O–H groups in total. The summed E-state index contributed by atoms with van der Waals surface area (Å²) in [5, 5.41) is 10.5. The van der Waals surface area contributed by atoms with Gasteiger partial charge in [0.2, 0.25) is 0 Å². The fourth-order valence-corrected chi connectivity index (χ4v) is 1.42. The molecule has 0 amide bonds. The van der Waals surface area contributed by atoms with Crippen molar-refractivity contribution in [1.29, 1.82) is 0 Å². The first kappa shape index (κ1) is 9.11. The molecule has 0 bridgehead atoms. The number of nitrogens with two attached hydrogens (primary N) is 1. The van der Waals surface area contributed by atoms with Crippen LogP contribution in [0.2, 0.25) is 0 Å². The van der Waals surface area contributed by atoms with Gasteiger partial charge in [-0.3, -0.25) is 10.1 Å². The average molecular weight is 194 g/mol. The van der Waals surface area contributed by atoms with Crippen LogP contribution < -0.4 is 5.73 Å². The number of nitro benzene ring substituents is 1. The van der Waals surface area contributed by atoms with Gasteiger partial charge in [-0.1, -0.05) is 12.1 Å². The van der Waals surface area contributed by atoms with Crippen molar-refractivity contribution in [3.8, 4) is 0 Å². The van der Waals surface area contributed by atoms with Crippen molar-refractivity contribution in [3.63, 3.8) is 0 Å². The Kier molecular flexibility index (Phi) is 1.98. The SMILES string of the molecule is NC1(c2cccc([N+](=O)[O-])c2)COC1. The van der Waals surface area contributed by atoms with Gasteiger partial charge in [-0.2, -0.15) is 0 Å². The third kappa shape index (κ3) is 1.36. The summed E-state index contributed by atoms with van der Waals surface area (Å²) in [6.07, 6.45) is 0. The molecule has 0 atom stereocenters. The van der Waals surface area contributed by atoms with Crippen LogP contribution in [0.4, 0.5) is 5.69 Å². The Hall–Kier alpha value is -1.46. The Morgan fingerprint density at radius 2 is 2.21 bits per heavy atom. The van der Waals surface area contributed by atoms with Gasteiger partial charge in [0.15, 0.2) is 0 Å². The van der Waals surface area contributed by atoms with E-state index in [1.807, 2.05) is 0 Å². The van der Waals surface area contributed by atoms with E-state index in [4.69, 9.17) is 10.5 Å². The molecular weight excluding hydrogens is 184 g/mol. The summed E-state index contributed by atoms with van der Waals surface area (Å²) in [5.74, 6) is 0. The van der Waals surface area contributed by atoms with Gasteiger partial charge in [-0.25, -0.2) is 0 Å². The maximum absolute atomic E-state index is 10.5. The van der Waals surface area contributed by atoms with Crippen LogP contribution in [0.1, 0.15) is 5.56 Å². The van der Waals surface area contributed by atoms with E-state index < -0.39 is 10.5 Å². The zero-order chi connectivity index (χ0) is 10.2. The molecule has 0 aliphatic carbocycles. The minimum absolute atomic E-state index is 0.0687. The minimum Gasteiger partial charge on any atom is -0.377 e. The standard InChI is InChI=1S/C9H10N2O3/c10-9(5-14-6-9)7-2-1-3-8(4-7)11(12)13/h1-4H,5-6,10H2. The molecule has 1 aliphatic rings. The predicted octanol–water partition coefficient (Wildman–Crippen LogP) is 0.779. The summed E-state index contributed by atoms with van der Waals surface area (Å²) in [6, 6.07) is 6.38. The van der Waals surface area contributed by atoms with Gasteiger partial charge in [-0.05, 0) is 5.56 Å². The number of non-ortho nitro benzene ring substituents is 1. The first-order chi connectivity index (χ1) is 6.62. The summed E-state index contributed by atoms with van der Waals surface area (Å²) < 4.78 is 5.00. The topological polar surface area (TPSA) is 78.4 Å². The minimum atomic E-state index is -0.536. The fraction of sp³-hybridized carbons (Fsp3) is 0.333. The number of ether oxygens (including phenoxy) is 1. The van der Waals surface area contributed by atoms with Crippen molar-refractivity contribution >= 4 is 5.69 Å². The third-order valence-electron chi connectivity index (χ3n) is 2.35. The maximum Gasteiger partial charge on any atom is 0.269 e. The largest absolute Gasteiger partial charge is 0.377 e. The van der Waals surface area contributed by atoms with E-state index in [2.05, 4.69) is 0 Å². The Morgan fingerprint density at radius 3 is 2.71 bits per heavy atom. The second-order valence-corrected chi connectivity index (χ2v) is 3.46. The Balaban J connectivity index is 2.35. The van der Waals surface area contributed by atoms with Crippen LogP contribution in [0.15, 0.2) is 24.3 Å². The fourth-order valence-electron chi connectivity index (χ4n) is 1.42. The average Bonchev–Trinajstić information content (AvgIpc) is 2.14. The third-order valence-corrected chi connectivity index (χ3v) is 2.35. The van der Waals surface area contributed by atoms with Crippen LogP contribution in [-0.4, -0.2) is 18.1 Å². The van der Waals surface area contributed by atoms with E-state index in [1.54, 1.807) is 12.1 Å². The molecule has 0 aromatic heterocycles. The molecule has 14 heavy (non-hydrogen) atoms. The highest BCUT2D eigenvalue weighted by Crippen LogP contribution is 2.28. The highest BCUT2D eigenvalue weighted by molar-refractivity contribution is 5.38. The van der Waals surface area contributed by atoms with E-state index in [0.717, 1.165) is 5.56 Å². The quantitative estimate of drug-likeness (QED) is 0.557. The number of nitrogens with zero attached hydrogens (tertiary/aromatic N) is 1. The zero-order valence-corrected chi connectivity index (χ0v) is 7.47. The van der Waals surface area contributed by atoms with Crippen LogP contribution in [-0.2, 0) is 10.3 Å². The monoisotopic (exact) mass is 194 g/mol. The molecule has 1 heterocycles. The molecule has 1 aromatic rings. The van der Waals surface area contributed by atoms with Crippen LogP contribution in [0.3, 0.4) is 0 Å². The van der Waals surface area contributed by atoms with Crippen LogP contribution in [0, 0.1) is 10.1 Å². The molecule has 0 spiro atoms. The smallest absolute Gasteiger partial charge is 0.269 e. The summed E-state index contributed by atoms with van der Waals surface area (Å²) >= 11 is 0. The van der Waals surface area contributed by atoms with Crippen molar-refractivity contribution in [2.45, 2.75) is 5.54 Å². The lowest BCUT2D eigenvalue weighted by atomic mass is 9.89. The van der Waals surface area contributed by atoms with Crippen molar-refractivity contribution in [3.05, 3.63) is 39.9 Å². The molecule has 1 fully saturated rings. The van der Waals surface area contributed by atoms with Gasteiger partial charge in [0.1, 0.15) is 0 Å². The molecule has 0 unspecified atom stereocenters. The van der Waals surface area contributed by atoms with Gasteiger partial charge in [0.25, 0.3) is 5.69 Å². The lowest BCUT2D eigenvalue weighted by molar-refractivity contribution is -0.385. The van der Waals surface area contributed by atoms with E-state index >= 15 is 0 Å². The number of nitro groups is 1. The second kappa shape index (κ2) is 3.04. The van der Waals surface area contributed by atoms with Crippen molar-refractivity contribution in [2.24, 2.45) is 5.73 Å². The summed E-state index contributed by atoms with van der Waals surface area (Å²) in [7, 11) is 0. The van der Waals surface area contributed by atoms with Gasteiger partial charge >= 0.3 is 0 Å². The van der Waals surface area contributed by atoms with Gasteiger partial charge in [-0.15, -0.1) is 0 Å². The number of benzene rings is 1. The number of rotatable bonds is 2. The second-order valence-electron chi connectivity index (χ2n) is 3.46. The van der Waals surface area contributed by atoms with Crippen molar-refractivity contribution in [2.75, 3.05) is 13.2 Å². The van der Waals surface area contributed by atoms with E-state index in [-0.39, 0.29) is 5.69 Å². The molecule has 5 heteroatoms. The molecular formula is C9H10N2O3. The molecule has 1 saturated heterocycles. The van der Waals surface area contributed by atoms with Crippen LogP contribution in [0.25, 0.3) is 0 Å². The van der Waals surface area contributed by atoms with Gasteiger partial charge in [0.05, 0.1) is 23.7 Å². The zero-order valence-electron chi connectivity index (χ0n) is 7.47. The normalized spacial score (nSPS) is 18.6. The van der Waals surface area contributed by atoms with Crippen molar-refractivity contribution < 1.29 is 9.66 Å². The van der Waals surface area contributed by atoms with Crippen LogP contribution >= 0.6 is 0 Å². The molecule has 1 aliphatic heterocycles. The predicted molar refractivity (Wildman–Crippen MR) is 49.8 cm³/mol. The van der Waals surface area contributed by atoms with Gasteiger partial charge < -0.3 is 10.5 Å². The summed E-state index contributed by atoms with van der Waals surface area (Å²) in [6.45, 7) is 0.850. The molecule has 5 nitrogen and oxygen atoms in total. The highest BCUT2D eigenvalue weighted by atomic mass is 16.6. The van der Waals surface area contributed by atoms with Gasteiger partial charge in [0, 0.05) is 12.1 Å².